The van der Waals surface area contributed by atoms with E-state index in [4.69, 9.17) is 0 Å². The lowest BCUT2D eigenvalue weighted by Gasteiger charge is -2.19. The molecule has 0 atom stereocenters. The van der Waals surface area contributed by atoms with Crippen molar-refractivity contribution in [1.82, 2.24) is 9.97 Å². The zero-order valence-corrected chi connectivity index (χ0v) is 18.4. The molecule has 0 bridgehead atoms. The van der Waals surface area contributed by atoms with E-state index in [0.717, 1.165) is 39.0 Å². The Morgan fingerprint density at radius 1 is 0.968 bits per heavy atom. The Kier molecular flexibility index (Phi) is 5.47. The van der Waals surface area contributed by atoms with Gasteiger partial charge < -0.3 is 10.3 Å². The number of carbonyl (C=O) groups excluding carboxylic acids is 1. The van der Waals surface area contributed by atoms with Gasteiger partial charge in [-0.05, 0) is 59.4 Å². The number of pyridine rings is 1. The second-order valence-electron chi connectivity index (χ2n) is 8.84. The summed E-state index contributed by atoms with van der Waals surface area (Å²) in [5.74, 6) is -0.176. The van der Waals surface area contributed by atoms with E-state index in [-0.39, 0.29) is 11.3 Å². The summed E-state index contributed by atoms with van der Waals surface area (Å²) < 4.78 is 0. The van der Waals surface area contributed by atoms with Crippen LogP contribution in [0.1, 0.15) is 43.2 Å². The predicted octanol–water partition coefficient (Wildman–Crippen LogP) is 6.24. The smallest absolute Gasteiger partial charge is 0.249 e. The van der Waals surface area contributed by atoms with Gasteiger partial charge in [0.25, 0.3) is 0 Å². The van der Waals surface area contributed by atoms with Crippen molar-refractivity contribution >= 4 is 28.1 Å². The Hall–Kier alpha value is -3.66. The number of benzene rings is 2. The van der Waals surface area contributed by atoms with Crippen LogP contribution >= 0.6 is 0 Å². The zero-order valence-electron chi connectivity index (χ0n) is 18.4. The van der Waals surface area contributed by atoms with Gasteiger partial charge in [-0.2, -0.15) is 0 Å². The minimum absolute atomic E-state index is 0.0715. The average Bonchev–Trinajstić information content (AvgIpc) is 3.20. The molecule has 0 fully saturated rings. The quantitative estimate of drug-likeness (QED) is 0.392. The van der Waals surface area contributed by atoms with Crippen molar-refractivity contribution in [1.29, 1.82) is 0 Å². The maximum atomic E-state index is 12.9. The highest BCUT2D eigenvalue weighted by Crippen LogP contribution is 2.28. The molecule has 0 saturated carbocycles. The van der Waals surface area contributed by atoms with E-state index in [0.29, 0.717) is 0 Å². The minimum Gasteiger partial charge on any atom is -0.361 e. The van der Waals surface area contributed by atoms with E-state index in [1.807, 2.05) is 55.7 Å². The monoisotopic (exact) mass is 409 g/mol. The molecule has 0 spiro atoms. The van der Waals surface area contributed by atoms with Crippen molar-refractivity contribution in [3.05, 3.63) is 102 Å². The Morgan fingerprint density at radius 3 is 2.39 bits per heavy atom. The number of aromatic amines is 1. The van der Waals surface area contributed by atoms with Gasteiger partial charge in [0.05, 0.1) is 0 Å². The molecule has 2 aromatic carbocycles. The van der Waals surface area contributed by atoms with Crippen LogP contribution in [0.15, 0.2) is 79.1 Å². The summed E-state index contributed by atoms with van der Waals surface area (Å²) in [6.07, 6.45) is 5.36. The van der Waals surface area contributed by atoms with E-state index in [1.54, 1.807) is 6.08 Å². The van der Waals surface area contributed by atoms with Crippen molar-refractivity contribution in [3.63, 3.8) is 0 Å². The van der Waals surface area contributed by atoms with Gasteiger partial charge >= 0.3 is 0 Å². The van der Waals surface area contributed by atoms with Crippen LogP contribution in [0, 0.1) is 6.92 Å². The second-order valence-corrected chi connectivity index (χ2v) is 8.84. The molecule has 0 unspecified atom stereocenters. The van der Waals surface area contributed by atoms with Gasteiger partial charge in [0, 0.05) is 46.3 Å². The lowest BCUT2D eigenvalue weighted by Crippen LogP contribution is -2.11. The molecule has 0 saturated heterocycles. The molecule has 4 nitrogen and oxygen atoms in total. The normalized spacial score (nSPS) is 12.2. The fourth-order valence-corrected chi connectivity index (χ4v) is 3.55. The number of H-pyrrole nitrogens is 1. The van der Waals surface area contributed by atoms with Gasteiger partial charge in [-0.15, -0.1) is 0 Å². The molecular formula is C27H27N3O. The van der Waals surface area contributed by atoms with Gasteiger partial charge in [0.2, 0.25) is 5.91 Å². The number of anilines is 1. The summed E-state index contributed by atoms with van der Waals surface area (Å²) in [6.45, 7) is 8.53. The number of nitrogens with one attached hydrogen (secondary N) is 2. The van der Waals surface area contributed by atoms with E-state index in [1.165, 1.54) is 5.56 Å². The highest BCUT2D eigenvalue weighted by Gasteiger charge is 2.15. The number of aromatic nitrogens is 2. The molecule has 4 aromatic rings. The largest absolute Gasteiger partial charge is 0.361 e. The van der Waals surface area contributed by atoms with Crippen LogP contribution in [0.3, 0.4) is 0 Å². The standard InChI is InChI=1S/C27H27N3O/c1-18-5-6-21(17-29-18)24(19-7-9-22(10-8-19)27(2,3)4)16-26(31)30-23-11-12-25-20(15-23)13-14-28-25/h5-17,28H,1-4H3,(H,30,31)/b24-16-. The SMILES string of the molecule is Cc1ccc(/C(=C\C(=O)Nc2ccc3[nH]ccc3c2)c2ccc(C(C)(C)C)cc2)cn1. The molecule has 0 aliphatic rings. The molecule has 2 N–H and O–H groups in total. The summed E-state index contributed by atoms with van der Waals surface area (Å²) in [6, 6.07) is 20.2. The first-order valence-electron chi connectivity index (χ1n) is 10.4. The first kappa shape index (κ1) is 20.6. The van der Waals surface area contributed by atoms with E-state index < -0.39 is 0 Å². The molecule has 2 aromatic heterocycles. The third-order valence-corrected chi connectivity index (χ3v) is 5.38. The predicted molar refractivity (Wildman–Crippen MR) is 128 cm³/mol. The number of aryl methyl sites for hydroxylation is 1. The van der Waals surface area contributed by atoms with Crippen LogP contribution in [0.25, 0.3) is 16.5 Å². The topological polar surface area (TPSA) is 57.8 Å². The van der Waals surface area contributed by atoms with Gasteiger partial charge in [0.1, 0.15) is 0 Å². The van der Waals surface area contributed by atoms with Crippen LogP contribution < -0.4 is 5.32 Å². The number of fused-ring (bicyclic) bond motifs is 1. The summed E-state index contributed by atoms with van der Waals surface area (Å²) in [4.78, 5) is 20.5. The summed E-state index contributed by atoms with van der Waals surface area (Å²) in [5, 5.41) is 4.05. The number of hydrogen-bond acceptors (Lipinski definition) is 2. The molecule has 156 valence electrons. The Labute approximate surface area is 183 Å². The average molecular weight is 410 g/mol. The number of hydrogen-bond donors (Lipinski definition) is 2. The van der Waals surface area contributed by atoms with E-state index in [2.05, 4.69) is 60.3 Å². The van der Waals surface area contributed by atoms with Crippen molar-refractivity contribution in [3.8, 4) is 0 Å². The summed E-state index contributed by atoms with van der Waals surface area (Å²) >= 11 is 0. The molecule has 0 aliphatic heterocycles. The van der Waals surface area contributed by atoms with E-state index in [9.17, 15) is 4.79 Å². The molecule has 0 aliphatic carbocycles. The van der Waals surface area contributed by atoms with Crippen LogP contribution in [-0.2, 0) is 10.2 Å². The van der Waals surface area contributed by atoms with Gasteiger partial charge in [-0.3, -0.25) is 9.78 Å². The number of nitrogens with zero attached hydrogens (tertiary/aromatic N) is 1. The Morgan fingerprint density at radius 2 is 1.71 bits per heavy atom. The Bertz CT molecular complexity index is 1240. The minimum atomic E-state index is -0.176. The number of rotatable bonds is 4. The van der Waals surface area contributed by atoms with Crippen molar-refractivity contribution < 1.29 is 4.79 Å². The van der Waals surface area contributed by atoms with Crippen LogP contribution in [-0.4, -0.2) is 15.9 Å². The first-order chi connectivity index (χ1) is 14.8. The highest BCUT2D eigenvalue weighted by molar-refractivity contribution is 6.06. The van der Waals surface area contributed by atoms with Crippen molar-refractivity contribution in [2.75, 3.05) is 5.32 Å². The maximum Gasteiger partial charge on any atom is 0.249 e. The lowest BCUT2D eigenvalue weighted by atomic mass is 9.85. The van der Waals surface area contributed by atoms with Crippen LogP contribution in [0.4, 0.5) is 5.69 Å². The molecule has 4 heteroatoms. The third kappa shape index (κ3) is 4.75. The molecule has 2 heterocycles. The number of carbonyl (C=O) groups is 1. The maximum absolute atomic E-state index is 12.9. The summed E-state index contributed by atoms with van der Waals surface area (Å²) in [5.41, 5.74) is 6.80. The van der Waals surface area contributed by atoms with Crippen molar-refractivity contribution in [2.24, 2.45) is 0 Å². The van der Waals surface area contributed by atoms with Crippen LogP contribution in [0.5, 0.6) is 0 Å². The fraction of sp³-hybridized carbons (Fsp3) is 0.185. The first-order valence-corrected chi connectivity index (χ1v) is 10.4. The van der Waals surface area contributed by atoms with Gasteiger partial charge in [-0.25, -0.2) is 0 Å². The molecule has 0 radical (unpaired) electrons. The molecular weight excluding hydrogens is 382 g/mol. The third-order valence-electron chi connectivity index (χ3n) is 5.38. The van der Waals surface area contributed by atoms with Crippen LogP contribution in [0.2, 0.25) is 0 Å². The van der Waals surface area contributed by atoms with Gasteiger partial charge in [-0.1, -0.05) is 51.1 Å². The molecule has 1 amide bonds. The number of amides is 1. The highest BCUT2D eigenvalue weighted by atomic mass is 16.1. The zero-order chi connectivity index (χ0) is 22.0. The second kappa shape index (κ2) is 8.23. The van der Waals surface area contributed by atoms with Gasteiger partial charge in [0.15, 0.2) is 0 Å². The Balaban J connectivity index is 1.68. The van der Waals surface area contributed by atoms with E-state index >= 15 is 0 Å². The summed E-state index contributed by atoms with van der Waals surface area (Å²) in [7, 11) is 0. The lowest BCUT2D eigenvalue weighted by molar-refractivity contribution is -0.111. The molecule has 31 heavy (non-hydrogen) atoms. The fourth-order valence-electron chi connectivity index (χ4n) is 3.55. The molecule has 4 rings (SSSR count). The van der Waals surface area contributed by atoms with Crippen molar-refractivity contribution in [2.45, 2.75) is 33.1 Å².